The molecule has 0 unspecified atom stereocenters. The zero-order valence-corrected chi connectivity index (χ0v) is 19.1. The van der Waals surface area contributed by atoms with E-state index in [1.54, 1.807) is 28.5 Å². The van der Waals surface area contributed by atoms with Gasteiger partial charge in [0.2, 0.25) is 5.91 Å². The predicted molar refractivity (Wildman–Crippen MR) is 123 cm³/mol. The van der Waals surface area contributed by atoms with Crippen LogP contribution >= 0.6 is 22.9 Å². The summed E-state index contributed by atoms with van der Waals surface area (Å²) >= 11 is 7.30. The van der Waals surface area contributed by atoms with E-state index in [1.807, 2.05) is 4.90 Å². The van der Waals surface area contributed by atoms with Gasteiger partial charge in [0.05, 0.1) is 9.92 Å². The molecule has 166 valence electrons. The largest absolute Gasteiger partial charge is 0.359 e. The third kappa shape index (κ3) is 3.62. The quantitative estimate of drug-likeness (QED) is 0.584. The minimum atomic E-state index is -3.76. The second-order valence-corrected chi connectivity index (χ2v) is 10.5. The van der Waals surface area contributed by atoms with Crippen LogP contribution < -0.4 is 14.5 Å². The molecule has 3 heterocycles. The lowest BCUT2D eigenvalue weighted by Crippen LogP contribution is -2.41. The lowest BCUT2D eigenvalue weighted by atomic mass is 10.1. The standard InChI is InChI=1S/C21H18ClFN4O3S2/c22-19-15-7-10-27(17(15)6-5-16(19)23)18-8-11-26(20(18)28)13-1-3-14(4-2-13)32(29,30)25-21-24-9-12-31-21/h1-6,9,12,18H,7-8,10-11H2,(H,24,25)/t18-/m0/s1. The molecule has 3 aromatic rings. The number of halogens is 2. The molecular weight excluding hydrogens is 475 g/mol. The molecule has 0 saturated carbocycles. The normalized spacial score (nSPS) is 18.3. The summed E-state index contributed by atoms with van der Waals surface area (Å²) < 4.78 is 41.3. The number of fused-ring (bicyclic) bond motifs is 1. The number of hydrogen-bond acceptors (Lipinski definition) is 6. The molecule has 0 aliphatic carbocycles. The van der Waals surface area contributed by atoms with E-state index in [9.17, 15) is 17.6 Å². The molecule has 11 heteroatoms. The van der Waals surface area contributed by atoms with Crippen LogP contribution in [0.4, 0.5) is 20.9 Å². The topological polar surface area (TPSA) is 82.6 Å². The van der Waals surface area contributed by atoms with Gasteiger partial charge >= 0.3 is 0 Å². The van der Waals surface area contributed by atoms with E-state index < -0.39 is 15.8 Å². The lowest BCUT2D eigenvalue weighted by Gasteiger charge is -2.26. The van der Waals surface area contributed by atoms with Gasteiger partial charge in [-0.1, -0.05) is 11.6 Å². The Kier molecular flexibility index (Phi) is 5.31. The summed E-state index contributed by atoms with van der Waals surface area (Å²) in [6.45, 7) is 1.11. The number of sulfonamides is 1. The Morgan fingerprint density at radius 3 is 2.66 bits per heavy atom. The van der Waals surface area contributed by atoms with Gasteiger partial charge in [-0.2, -0.15) is 0 Å². The molecule has 1 aromatic heterocycles. The average molecular weight is 493 g/mol. The fraction of sp³-hybridized carbons (Fsp3) is 0.238. The van der Waals surface area contributed by atoms with Crippen LogP contribution in [0.5, 0.6) is 0 Å². The van der Waals surface area contributed by atoms with Gasteiger partial charge in [-0.25, -0.2) is 17.8 Å². The van der Waals surface area contributed by atoms with Crippen molar-refractivity contribution in [3.05, 3.63) is 64.4 Å². The van der Waals surface area contributed by atoms with Gasteiger partial charge in [-0.15, -0.1) is 11.3 Å². The zero-order chi connectivity index (χ0) is 22.5. The zero-order valence-electron chi connectivity index (χ0n) is 16.7. The summed E-state index contributed by atoms with van der Waals surface area (Å²) in [6.07, 6.45) is 2.72. The van der Waals surface area contributed by atoms with Crippen LogP contribution in [0.15, 0.2) is 52.9 Å². The number of anilines is 3. The Morgan fingerprint density at radius 1 is 1.16 bits per heavy atom. The number of nitrogens with zero attached hydrogens (tertiary/aromatic N) is 3. The van der Waals surface area contributed by atoms with Crippen LogP contribution in [0.3, 0.4) is 0 Å². The molecule has 1 saturated heterocycles. The van der Waals surface area contributed by atoms with Crippen LogP contribution in [-0.2, 0) is 21.2 Å². The van der Waals surface area contributed by atoms with E-state index in [0.717, 1.165) is 11.3 Å². The van der Waals surface area contributed by atoms with E-state index >= 15 is 0 Å². The highest BCUT2D eigenvalue weighted by Gasteiger charge is 2.39. The van der Waals surface area contributed by atoms with Crippen molar-refractivity contribution in [2.45, 2.75) is 23.8 Å². The molecule has 5 rings (SSSR count). The van der Waals surface area contributed by atoms with E-state index in [4.69, 9.17) is 11.6 Å². The number of carbonyl (C=O) groups excluding carboxylic acids is 1. The smallest absolute Gasteiger partial charge is 0.263 e. The Bertz CT molecular complexity index is 1280. The first-order valence-electron chi connectivity index (χ1n) is 9.92. The molecular formula is C21H18ClFN4O3S2. The third-order valence-corrected chi connectivity index (χ3v) is 8.33. The predicted octanol–water partition coefficient (Wildman–Crippen LogP) is 3.90. The van der Waals surface area contributed by atoms with Crippen molar-refractivity contribution in [3.63, 3.8) is 0 Å². The van der Waals surface area contributed by atoms with Crippen molar-refractivity contribution in [3.8, 4) is 0 Å². The van der Waals surface area contributed by atoms with Crippen molar-refractivity contribution >= 4 is 55.4 Å². The number of thiazole rings is 1. The van der Waals surface area contributed by atoms with E-state index in [2.05, 4.69) is 9.71 Å². The molecule has 0 bridgehead atoms. The molecule has 32 heavy (non-hydrogen) atoms. The molecule has 1 atom stereocenters. The van der Waals surface area contributed by atoms with Gasteiger partial charge in [-0.3, -0.25) is 9.52 Å². The summed E-state index contributed by atoms with van der Waals surface area (Å²) in [4.78, 5) is 20.8. The van der Waals surface area contributed by atoms with Crippen molar-refractivity contribution in [2.75, 3.05) is 27.6 Å². The Balaban J connectivity index is 1.33. The third-order valence-electron chi connectivity index (χ3n) is 5.75. The Morgan fingerprint density at radius 2 is 1.94 bits per heavy atom. The van der Waals surface area contributed by atoms with Crippen LogP contribution in [0, 0.1) is 5.82 Å². The average Bonchev–Trinajstić information content (AvgIpc) is 3.51. The lowest BCUT2D eigenvalue weighted by molar-refractivity contribution is -0.118. The van der Waals surface area contributed by atoms with Crippen molar-refractivity contribution < 1.29 is 17.6 Å². The maximum Gasteiger partial charge on any atom is 0.263 e. The highest BCUT2D eigenvalue weighted by atomic mass is 35.5. The number of aromatic nitrogens is 1. The highest BCUT2D eigenvalue weighted by Crippen LogP contribution is 2.38. The molecule has 7 nitrogen and oxygen atoms in total. The van der Waals surface area contributed by atoms with Crippen molar-refractivity contribution in [1.29, 1.82) is 0 Å². The van der Waals surface area contributed by atoms with Crippen molar-refractivity contribution in [1.82, 2.24) is 4.98 Å². The van der Waals surface area contributed by atoms with Crippen LogP contribution in [0.1, 0.15) is 12.0 Å². The molecule has 0 spiro atoms. The van der Waals surface area contributed by atoms with Crippen LogP contribution in [0.2, 0.25) is 5.02 Å². The fourth-order valence-electron chi connectivity index (χ4n) is 4.23. The summed E-state index contributed by atoms with van der Waals surface area (Å²) in [5.41, 5.74) is 2.16. The minimum Gasteiger partial charge on any atom is -0.359 e. The van der Waals surface area contributed by atoms with Crippen LogP contribution in [0.25, 0.3) is 0 Å². The maximum absolute atomic E-state index is 13.8. The summed E-state index contributed by atoms with van der Waals surface area (Å²) in [6, 6.07) is 8.83. The molecule has 2 aliphatic heterocycles. The Labute approximate surface area is 193 Å². The first-order valence-corrected chi connectivity index (χ1v) is 12.7. The molecule has 1 amide bonds. The second kappa shape index (κ2) is 8.02. The van der Waals surface area contributed by atoms with E-state index in [0.29, 0.717) is 31.6 Å². The van der Waals surface area contributed by atoms with E-state index in [1.165, 1.54) is 35.7 Å². The first kappa shape index (κ1) is 21.2. The summed E-state index contributed by atoms with van der Waals surface area (Å²) in [5, 5.41) is 2.09. The molecule has 1 N–H and O–H groups in total. The molecule has 2 aromatic carbocycles. The molecule has 2 aliphatic rings. The number of nitrogens with one attached hydrogen (secondary N) is 1. The highest BCUT2D eigenvalue weighted by molar-refractivity contribution is 7.93. The van der Waals surface area contributed by atoms with Gasteiger partial charge in [0, 0.05) is 36.0 Å². The van der Waals surface area contributed by atoms with Gasteiger partial charge in [-0.05, 0) is 54.8 Å². The van der Waals surface area contributed by atoms with Crippen LogP contribution in [-0.4, -0.2) is 38.4 Å². The monoisotopic (exact) mass is 492 g/mol. The SMILES string of the molecule is O=C1[C@@H](N2CCc3c2ccc(F)c3Cl)CCN1c1ccc(S(=O)(=O)Nc2nccs2)cc1. The number of benzene rings is 2. The summed E-state index contributed by atoms with van der Waals surface area (Å²) in [5.74, 6) is -0.527. The maximum atomic E-state index is 13.8. The number of amides is 1. The number of rotatable bonds is 5. The fourth-order valence-corrected chi connectivity index (χ4v) is 6.27. The number of hydrogen-bond donors (Lipinski definition) is 1. The molecule has 1 fully saturated rings. The van der Waals surface area contributed by atoms with Crippen molar-refractivity contribution in [2.24, 2.45) is 0 Å². The molecule has 0 radical (unpaired) electrons. The minimum absolute atomic E-state index is 0.0742. The Hall–Kier alpha value is -2.69. The second-order valence-electron chi connectivity index (χ2n) is 7.53. The van der Waals surface area contributed by atoms with E-state index in [-0.39, 0.29) is 27.0 Å². The summed E-state index contributed by atoms with van der Waals surface area (Å²) in [7, 11) is -3.76. The van der Waals surface area contributed by atoms with Gasteiger partial charge < -0.3 is 9.80 Å². The van der Waals surface area contributed by atoms with Gasteiger partial charge in [0.15, 0.2) is 5.13 Å². The van der Waals surface area contributed by atoms with Gasteiger partial charge in [0.1, 0.15) is 11.9 Å². The first-order chi connectivity index (χ1) is 15.3. The number of carbonyl (C=O) groups is 1. The van der Waals surface area contributed by atoms with Gasteiger partial charge in [0.25, 0.3) is 10.0 Å².